The first-order valence-electron chi connectivity index (χ1n) is 9.18. The third kappa shape index (κ3) is 3.89. The van der Waals surface area contributed by atoms with E-state index in [1.54, 1.807) is 17.0 Å². The van der Waals surface area contributed by atoms with Gasteiger partial charge in [-0.25, -0.2) is 4.98 Å². The molecule has 1 N–H and O–H groups in total. The topological polar surface area (TPSA) is 90.1 Å². The number of rotatable bonds is 5. The third-order valence-corrected chi connectivity index (χ3v) is 4.76. The van der Waals surface area contributed by atoms with E-state index < -0.39 is 0 Å². The first-order chi connectivity index (χ1) is 13.2. The zero-order valence-corrected chi connectivity index (χ0v) is 16.7. The molecule has 3 rings (SSSR count). The molecule has 144 valence electrons. The van der Waals surface area contributed by atoms with Gasteiger partial charge < -0.3 is 9.64 Å². The molecule has 0 spiro atoms. The summed E-state index contributed by atoms with van der Waals surface area (Å²) in [6, 6.07) is 11.2. The van der Waals surface area contributed by atoms with E-state index in [0.717, 1.165) is 16.8 Å². The molecule has 1 aliphatic heterocycles. The van der Waals surface area contributed by atoms with Crippen molar-refractivity contribution in [2.75, 3.05) is 13.2 Å². The van der Waals surface area contributed by atoms with Crippen molar-refractivity contribution in [3.8, 4) is 11.8 Å². The minimum Gasteiger partial charge on any atom is -0.478 e. The highest BCUT2D eigenvalue weighted by Gasteiger charge is 2.28. The van der Waals surface area contributed by atoms with Crippen molar-refractivity contribution in [2.45, 2.75) is 39.7 Å². The molecule has 0 atom stereocenters. The lowest BCUT2D eigenvalue weighted by atomic mass is 9.85. The summed E-state index contributed by atoms with van der Waals surface area (Å²) in [6.07, 6.45) is 0. The molecule has 0 saturated heterocycles. The summed E-state index contributed by atoms with van der Waals surface area (Å²) >= 11 is 0. The van der Waals surface area contributed by atoms with Gasteiger partial charge in [0, 0.05) is 28.9 Å². The van der Waals surface area contributed by atoms with Crippen LogP contribution in [0.3, 0.4) is 0 Å². The van der Waals surface area contributed by atoms with Crippen LogP contribution in [0.25, 0.3) is 0 Å². The largest absolute Gasteiger partial charge is 0.478 e. The number of hydrogen-bond donors (Lipinski definition) is 1. The molecule has 0 bridgehead atoms. The van der Waals surface area contributed by atoms with Gasteiger partial charge >= 0.3 is 0 Å². The number of aryl methyl sites for hydroxylation is 1. The van der Waals surface area contributed by atoms with Gasteiger partial charge in [0.2, 0.25) is 0 Å². The number of nitrogens with zero attached hydrogens (tertiary/aromatic N) is 3. The smallest absolute Gasteiger partial charge is 0.182 e. The number of ether oxygens (including phenoxy) is 1. The highest BCUT2D eigenvalue weighted by atomic mass is 16.5. The van der Waals surface area contributed by atoms with Crippen molar-refractivity contribution in [3.63, 3.8) is 0 Å². The Morgan fingerprint density at radius 2 is 2.07 bits per heavy atom. The molecule has 1 aromatic carbocycles. The van der Waals surface area contributed by atoms with Crippen molar-refractivity contribution in [1.82, 2.24) is 9.88 Å². The van der Waals surface area contributed by atoms with Crippen LogP contribution in [0.4, 0.5) is 0 Å². The van der Waals surface area contributed by atoms with Crippen LogP contribution in [0.1, 0.15) is 53.6 Å². The van der Waals surface area contributed by atoms with Crippen LogP contribution >= 0.6 is 0 Å². The molecular weight excluding hydrogens is 352 g/mol. The Labute approximate surface area is 165 Å². The van der Waals surface area contributed by atoms with Crippen LogP contribution in [0.5, 0.6) is 5.75 Å². The van der Waals surface area contributed by atoms with Gasteiger partial charge in [-0.2, -0.15) is 5.26 Å². The predicted molar refractivity (Wildman–Crippen MR) is 107 cm³/mol. The van der Waals surface area contributed by atoms with E-state index in [1.807, 2.05) is 52.0 Å². The van der Waals surface area contributed by atoms with Gasteiger partial charge in [-0.1, -0.05) is 26.8 Å². The molecule has 1 aliphatic rings. The molecule has 0 aliphatic carbocycles. The molecule has 6 heteroatoms. The molecule has 0 unspecified atom stereocenters. The van der Waals surface area contributed by atoms with Crippen molar-refractivity contribution in [2.24, 2.45) is 0 Å². The van der Waals surface area contributed by atoms with Gasteiger partial charge in [0.25, 0.3) is 0 Å². The number of carbonyl (C=O) groups excluding carboxylic acids is 1. The quantitative estimate of drug-likeness (QED) is 0.805. The van der Waals surface area contributed by atoms with E-state index >= 15 is 0 Å². The molecular formula is C22H24N4O2. The van der Waals surface area contributed by atoms with Gasteiger partial charge in [-0.15, -0.1) is 0 Å². The number of nitriles is 1. The number of aromatic nitrogens is 1. The summed E-state index contributed by atoms with van der Waals surface area (Å²) in [7, 11) is 0. The maximum atomic E-state index is 12.9. The number of hydrogen-bond acceptors (Lipinski definition) is 5. The highest BCUT2D eigenvalue weighted by molar-refractivity contribution is 6.04. The predicted octanol–water partition coefficient (Wildman–Crippen LogP) is 3.61. The van der Waals surface area contributed by atoms with Crippen LogP contribution < -0.4 is 4.74 Å². The first-order valence-corrected chi connectivity index (χ1v) is 9.18. The number of fused-ring (bicyclic) bond motifs is 1. The van der Waals surface area contributed by atoms with Gasteiger partial charge in [-0.3, -0.25) is 10.2 Å². The van der Waals surface area contributed by atoms with Gasteiger partial charge in [0.15, 0.2) is 12.4 Å². The molecule has 0 amide bonds. The molecule has 0 radical (unpaired) electrons. The SMILES string of the molecule is Cc1ccc2c(n1)C(=N)N(CC(=O)c1ccc(OCC#N)c(C(C)(C)C)c1)C2. The second-order valence-corrected chi connectivity index (χ2v) is 8.00. The Morgan fingerprint density at radius 1 is 1.32 bits per heavy atom. The van der Waals surface area contributed by atoms with E-state index in [9.17, 15) is 4.79 Å². The summed E-state index contributed by atoms with van der Waals surface area (Å²) < 4.78 is 5.53. The average Bonchev–Trinajstić information content (AvgIpc) is 2.94. The van der Waals surface area contributed by atoms with E-state index in [1.165, 1.54) is 0 Å². The number of amidine groups is 1. The van der Waals surface area contributed by atoms with Crippen LogP contribution in [-0.4, -0.2) is 34.7 Å². The number of nitrogens with one attached hydrogen (secondary N) is 1. The summed E-state index contributed by atoms with van der Waals surface area (Å²) in [6.45, 7) is 8.61. The maximum absolute atomic E-state index is 12.9. The monoisotopic (exact) mass is 376 g/mol. The fourth-order valence-electron chi connectivity index (χ4n) is 3.28. The van der Waals surface area contributed by atoms with E-state index in [4.69, 9.17) is 15.4 Å². The Balaban J connectivity index is 1.82. The van der Waals surface area contributed by atoms with E-state index in [2.05, 4.69) is 4.98 Å². The zero-order valence-electron chi connectivity index (χ0n) is 16.7. The molecule has 6 nitrogen and oxygen atoms in total. The van der Waals surface area contributed by atoms with Crippen molar-refractivity contribution in [1.29, 1.82) is 10.7 Å². The lowest BCUT2D eigenvalue weighted by Crippen LogP contribution is -2.30. The number of pyridine rings is 1. The fourth-order valence-corrected chi connectivity index (χ4v) is 3.28. The van der Waals surface area contributed by atoms with Gasteiger partial charge in [0.05, 0.1) is 6.54 Å². The Hall–Kier alpha value is -3.20. The molecule has 1 aromatic heterocycles. The summed E-state index contributed by atoms with van der Waals surface area (Å²) in [5, 5.41) is 17.1. The van der Waals surface area contributed by atoms with Crippen molar-refractivity contribution >= 4 is 11.6 Å². The number of carbonyl (C=O) groups is 1. The molecule has 2 aromatic rings. The second-order valence-electron chi connectivity index (χ2n) is 8.00. The Bertz CT molecular complexity index is 983. The highest BCUT2D eigenvalue weighted by Crippen LogP contribution is 2.32. The molecule has 28 heavy (non-hydrogen) atoms. The standard InChI is InChI=1S/C22H24N4O2/c1-14-5-6-16-12-26(21(24)20(16)25-14)13-18(27)15-7-8-19(28-10-9-23)17(11-15)22(2,3)4/h5-8,11,24H,10,12-13H2,1-4H3. The van der Waals surface area contributed by atoms with Crippen LogP contribution in [-0.2, 0) is 12.0 Å². The van der Waals surface area contributed by atoms with E-state index in [-0.39, 0.29) is 30.2 Å². The first kappa shape index (κ1) is 19.6. The number of Topliss-reactive ketones (excluding diaryl/α,β-unsaturated/α-hetero) is 1. The lowest BCUT2D eigenvalue weighted by molar-refractivity contribution is 0.0962. The molecule has 0 saturated carbocycles. The zero-order chi connectivity index (χ0) is 20.5. The lowest BCUT2D eigenvalue weighted by Gasteiger charge is -2.23. The van der Waals surface area contributed by atoms with Gasteiger partial charge in [0.1, 0.15) is 23.3 Å². The summed E-state index contributed by atoms with van der Waals surface area (Å²) in [4.78, 5) is 19.1. The summed E-state index contributed by atoms with van der Waals surface area (Å²) in [5.74, 6) is 0.843. The van der Waals surface area contributed by atoms with Crippen molar-refractivity contribution in [3.05, 3.63) is 58.4 Å². The van der Waals surface area contributed by atoms with E-state index in [0.29, 0.717) is 23.6 Å². The fraction of sp³-hybridized carbons (Fsp3) is 0.364. The van der Waals surface area contributed by atoms with Crippen molar-refractivity contribution < 1.29 is 9.53 Å². The minimum atomic E-state index is -0.237. The van der Waals surface area contributed by atoms with Crippen LogP contribution in [0.2, 0.25) is 0 Å². The van der Waals surface area contributed by atoms with Crippen LogP contribution in [0, 0.1) is 23.7 Å². The minimum absolute atomic E-state index is 0.0357. The van der Waals surface area contributed by atoms with Crippen LogP contribution in [0.15, 0.2) is 30.3 Å². The average molecular weight is 376 g/mol. The number of ketones is 1. The summed E-state index contributed by atoms with van der Waals surface area (Å²) in [5.41, 5.74) is 3.70. The Morgan fingerprint density at radius 3 is 2.75 bits per heavy atom. The normalized spacial score (nSPS) is 13.2. The Kier molecular flexibility index (Phi) is 5.19. The molecule has 0 fully saturated rings. The molecule has 2 heterocycles. The maximum Gasteiger partial charge on any atom is 0.182 e. The van der Waals surface area contributed by atoms with Gasteiger partial charge in [-0.05, 0) is 36.6 Å². The second kappa shape index (κ2) is 7.43. The third-order valence-electron chi connectivity index (χ3n) is 4.76. The number of benzene rings is 1.